The van der Waals surface area contributed by atoms with Crippen LogP contribution < -0.4 is 4.90 Å². The number of rotatable bonds is 6. The summed E-state index contributed by atoms with van der Waals surface area (Å²) in [5.74, 6) is 0.882. The minimum absolute atomic E-state index is 0.102. The third kappa shape index (κ3) is 5.46. The van der Waals surface area contributed by atoms with E-state index in [0.717, 1.165) is 12.8 Å². The van der Waals surface area contributed by atoms with E-state index in [0.29, 0.717) is 17.1 Å². The Kier molecular flexibility index (Phi) is 7.95. The highest BCUT2D eigenvalue weighted by Crippen LogP contribution is 2.65. The number of hydrogen-bond acceptors (Lipinski definition) is 5. The van der Waals surface area contributed by atoms with Crippen LogP contribution in [-0.4, -0.2) is 15.9 Å². The lowest BCUT2D eigenvalue weighted by Crippen LogP contribution is -2.29. The van der Waals surface area contributed by atoms with Crippen LogP contribution in [0.3, 0.4) is 0 Å². The quantitative estimate of drug-likeness (QED) is 0.164. The van der Waals surface area contributed by atoms with E-state index in [1.807, 2.05) is 34.0 Å². The van der Waals surface area contributed by atoms with Gasteiger partial charge in [0.2, 0.25) is 0 Å². The second-order valence-electron chi connectivity index (χ2n) is 18.3. The van der Waals surface area contributed by atoms with Crippen molar-refractivity contribution in [2.24, 2.45) is 5.92 Å². The Morgan fingerprint density at radius 1 is 0.585 bits per heavy atom. The predicted octanol–water partition coefficient (Wildman–Crippen LogP) is 17.2. The van der Waals surface area contributed by atoms with Crippen molar-refractivity contribution >= 4 is 130 Å². The van der Waals surface area contributed by atoms with Crippen molar-refractivity contribution in [3.05, 3.63) is 210 Å². The first-order chi connectivity index (χ1) is 32.2. The second-order valence-corrected chi connectivity index (χ2v) is 22.7. The van der Waals surface area contributed by atoms with E-state index in [9.17, 15) is 0 Å². The summed E-state index contributed by atoms with van der Waals surface area (Å²) in [4.78, 5) is 5.55. The molecule has 4 aromatic heterocycles. The van der Waals surface area contributed by atoms with Crippen molar-refractivity contribution in [2.45, 2.75) is 40.4 Å². The third-order valence-electron chi connectivity index (χ3n) is 14.8. The zero-order chi connectivity index (χ0) is 42.4. The van der Waals surface area contributed by atoms with Crippen LogP contribution in [0.5, 0.6) is 0 Å². The Balaban J connectivity index is 0.915. The van der Waals surface area contributed by atoms with Gasteiger partial charge < -0.3 is 9.47 Å². The summed E-state index contributed by atoms with van der Waals surface area (Å²) >= 11 is 7.99. The van der Waals surface area contributed by atoms with E-state index >= 15 is 0 Å². The molecule has 5 atom stereocenters. The molecule has 0 radical (unpaired) electrons. The largest absolute Gasteiger partial charge is 0.334 e. The Hall–Kier alpha value is -6.15. The Morgan fingerprint density at radius 3 is 2.26 bits per heavy atom. The van der Waals surface area contributed by atoms with Gasteiger partial charge in [0.15, 0.2) is 0 Å². The maximum atomic E-state index is 2.66. The molecule has 0 bridgehead atoms. The molecule has 65 heavy (non-hydrogen) atoms. The molecule has 5 aliphatic rings. The molecule has 0 amide bonds. The predicted molar refractivity (Wildman–Crippen MR) is 284 cm³/mol. The van der Waals surface area contributed by atoms with Crippen LogP contribution in [0.2, 0.25) is 0 Å². The standard InChI is InChI=1S/C59H40N2S4/c1-3-13-37(14-4-1)60(38-15-5-2-6-16-38)39-25-28-50-47(31-39)41-17-7-10-20-49(41)61(50)40-32-46(35-23-26-44-53(29-35)64-55-42-18-8-11-21-51(42)62-57(44)55)48-34-59(48,33-40)36-24-27-45-54(30-36)65-56-43-19-9-12-22-52(43)63-58(45)56/h1-15,17-33,38,43,48,52H,16,34H2/t38?,43?,48-,52?,59-/m1/s1. The number of thiophene rings is 3. The van der Waals surface area contributed by atoms with E-state index in [-0.39, 0.29) is 11.5 Å². The van der Waals surface area contributed by atoms with Gasteiger partial charge in [-0.25, -0.2) is 0 Å². The van der Waals surface area contributed by atoms with Crippen LogP contribution in [0.25, 0.3) is 72.7 Å². The van der Waals surface area contributed by atoms with Gasteiger partial charge >= 0.3 is 0 Å². The molecule has 6 aromatic carbocycles. The minimum Gasteiger partial charge on any atom is -0.334 e. The Bertz CT molecular complexity index is 3860. The maximum Gasteiger partial charge on any atom is 0.0559 e. The molecule has 0 saturated heterocycles. The molecule has 1 fully saturated rings. The molecular weight excluding hydrogens is 865 g/mol. The minimum atomic E-state index is -0.102. The van der Waals surface area contributed by atoms with Crippen molar-refractivity contribution in [3.63, 3.8) is 0 Å². The van der Waals surface area contributed by atoms with E-state index in [2.05, 4.69) is 215 Å². The highest BCUT2D eigenvalue weighted by atomic mass is 32.2. The molecule has 4 aliphatic carbocycles. The van der Waals surface area contributed by atoms with Crippen LogP contribution in [0.1, 0.15) is 34.8 Å². The van der Waals surface area contributed by atoms with Gasteiger partial charge in [-0.1, -0.05) is 127 Å². The molecular formula is C59H40N2S4. The molecule has 15 rings (SSSR count). The van der Waals surface area contributed by atoms with Gasteiger partial charge in [-0.15, -0.1) is 45.8 Å². The molecule has 1 aliphatic heterocycles. The first-order valence-electron chi connectivity index (χ1n) is 22.8. The van der Waals surface area contributed by atoms with Crippen LogP contribution in [-0.2, 0) is 5.41 Å². The molecule has 10 aromatic rings. The number of thioether (sulfide) groups is 1. The summed E-state index contributed by atoms with van der Waals surface area (Å²) in [6, 6.07) is 51.1. The van der Waals surface area contributed by atoms with Crippen molar-refractivity contribution in [1.82, 2.24) is 4.57 Å². The van der Waals surface area contributed by atoms with Gasteiger partial charge in [-0.2, -0.15) is 0 Å². The van der Waals surface area contributed by atoms with Gasteiger partial charge in [0, 0.05) is 84.5 Å². The van der Waals surface area contributed by atoms with Gasteiger partial charge in [0.05, 0.1) is 26.5 Å². The molecule has 6 heteroatoms. The number of nitrogens with zero attached hydrogens (tertiary/aromatic N) is 2. The summed E-state index contributed by atoms with van der Waals surface area (Å²) in [6.07, 6.45) is 25.5. The number of para-hydroxylation sites is 2. The molecule has 0 spiro atoms. The first kappa shape index (κ1) is 37.1. The second kappa shape index (κ2) is 13.9. The fourth-order valence-corrected chi connectivity index (χ4v) is 17.4. The summed E-state index contributed by atoms with van der Waals surface area (Å²) in [5.41, 5.74) is 10.3. The molecule has 5 heterocycles. The lowest BCUT2D eigenvalue weighted by molar-refractivity contribution is 0.785. The lowest BCUT2D eigenvalue weighted by atomic mass is 9.83. The van der Waals surface area contributed by atoms with Crippen LogP contribution in [0, 0.1) is 5.92 Å². The highest BCUT2D eigenvalue weighted by Gasteiger charge is 2.57. The molecule has 0 N–H and O–H groups in total. The SMILES string of the molecule is C1=CCC(N(c2ccccc2)c2ccc3c(c2)c2ccccc2n3C2=C[C@]3(c4ccc5c6c(sc5c4)C4C=CC=CC4S6)C[C@@H]3C(c3ccc4c(c3)sc3c5ccccc5sc43)=C2)C=C1. The van der Waals surface area contributed by atoms with Crippen molar-refractivity contribution in [3.8, 4) is 0 Å². The zero-order valence-corrected chi connectivity index (χ0v) is 38.5. The lowest BCUT2D eigenvalue weighted by Gasteiger charge is -2.32. The molecule has 3 unspecified atom stereocenters. The molecule has 2 nitrogen and oxygen atoms in total. The first-order valence-corrected chi connectivity index (χ1v) is 26.1. The molecule has 1 saturated carbocycles. The van der Waals surface area contributed by atoms with Crippen molar-refractivity contribution in [1.29, 1.82) is 0 Å². The van der Waals surface area contributed by atoms with E-state index in [1.165, 1.54) is 100 Å². The fourth-order valence-electron chi connectivity index (χ4n) is 11.7. The van der Waals surface area contributed by atoms with Gasteiger partial charge in [-0.3, -0.25) is 0 Å². The van der Waals surface area contributed by atoms with E-state index in [4.69, 9.17) is 0 Å². The normalized spacial score (nSPS) is 22.9. The number of fused-ring (bicyclic) bond motifs is 14. The number of anilines is 2. The molecule has 310 valence electrons. The van der Waals surface area contributed by atoms with E-state index < -0.39 is 0 Å². The highest BCUT2D eigenvalue weighted by molar-refractivity contribution is 8.01. The smallest absolute Gasteiger partial charge is 0.0559 e. The van der Waals surface area contributed by atoms with Crippen molar-refractivity contribution < 1.29 is 0 Å². The van der Waals surface area contributed by atoms with Gasteiger partial charge in [-0.05, 0) is 102 Å². The summed E-state index contributed by atoms with van der Waals surface area (Å²) in [7, 11) is 0. The van der Waals surface area contributed by atoms with Gasteiger partial charge in [0.25, 0.3) is 0 Å². The van der Waals surface area contributed by atoms with Crippen molar-refractivity contribution in [2.75, 3.05) is 4.90 Å². The van der Waals surface area contributed by atoms with Crippen LogP contribution in [0.4, 0.5) is 11.4 Å². The van der Waals surface area contributed by atoms with Crippen LogP contribution >= 0.6 is 45.8 Å². The van der Waals surface area contributed by atoms with Crippen LogP contribution in [0.15, 0.2) is 199 Å². The topological polar surface area (TPSA) is 8.17 Å². The zero-order valence-electron chi connectivity index (χ0n) is 35.2. The summed E-state index contributed by atoms with van der Waals surface area (Å²) < 4.78 is 9.59. The fraction of sp³-hybridized carbons (Fsp3) is 0.119. The Labute approximate surface area is 393 Å². The average molecular weight is 905 g/mol. The maximum absolute atomic E-state index is 2.66. The Morgan fingerprint density at radius 2 is 1.35 bits per heavy atom. The van der Waals surface area contributed by atoms with Gasteiger partial charge in [0.1, 0.15) is 0 Å². The van der Waals surface area contributed by atoms with E-state index in [1.54, 1.807) is 4.88 Å². The average Bonchev–Trinajstić information content (AvgIpc) is 3.73. The summed E-state index contributed by atoms with van der Waals surface area (Å²) in [6.45, 7) is 0. The summed E-state index contributed by atoms with van der Waals surface area (Å²) in [5, 5.41) is 7.27. The third-order valence-corrected chi connectivity index (χ3v) is 20.1. The number of allylic oxidation sites excluding steroid dienone is 9. The monoisotopic (exact) mass is 904 g/mol. The number of benzene rings is 6. The number of aromatic nitrogens is 1. The number of hydrogen-bond donors (Lipinski definition) is 0.